The van der Waals surface area contributed by atoms with E-state index in [1.807, 2.05) is 13.0 Å². The number of hydrogen-bond acceptors (Lipinski definition) is 4. The van der Waals surface area contributed by atoms with Gasteiger partial charge in [0.2, 0.25) is 5.82 Å². The van der Waals surface area contributed by atoms with Crippen LogP contribution in [-0.2, 0) is 6.54 Å². The van der Waals surface area contributed by atoms with E-state index in [0.717, 1.165) is 6.54 Å². The Morgan fingerprint density at radius 3 is 3.21 bits per heavy atom. The molecule has 0 saturated carbocycles. The van der Waals surface area contributed by atoms with Gasteiger partial charge >= 0.3 is 0 Å². The van der Waals surface area contributed by atoms with Crippen LogP contribution in [0.4, 0.5) is 0 Å². The van der Waals surface area contributed by atoms with Gasteiger partial charge in [0, 0.05) is 18.9 Å². The molecule has 0 aliphatic rings. The molecule has 0 bridgehead atoms. The Morgan fingerprint density at radius 1 is 1.79 bits per heavy atom. The zero-order valence-electron chi connectivity index (χ0n) is 8.14. The summed E-state index contributed by atoms with van der Waals surface area (Å²) in [6.45, 7) is 3.73. The second-order valence-corrected chi connectivity index (χ2v) is 2.98. The molecule has 5 heteroatoms. The van der Waals surface area contributed by atoms with Gasteiger partial charge in [-0.15, -0.1) is 0 Å². The van der Waals surface area contributed by atoms with Crippen LogP contribution in [0.1, 0.15) is 12.7 Å². The van der Waals surface area contributed by atoms with Gasteiger partial charge in [-0.1, -0.05) is 6.92 Å². The highest BCUT2D eigenvalue weighted by atomic mass is 16.3. The number of aliphatic hydroxyl groups is 1. The third-order valence-electron chi connectivity index (χ3n) is 1.85. The molecule has 0 fully saturated rings. The SMILES string of the molecule is CCNCC(O)Cn1ccnc1C#N. The van der Waals surface area contributed by atoms with Gasteiger partial charge in [-0.25, -0.2) is 4.98 Å². The van der Waals surface area contributed by atoms with E-state index in [9.17, 15) is 5.11 Å². The first kappa shape index (κ1) is 10.7. The number of imidazole rings is 1. The number of aliphatic hydroxyl groups excluding tert-OH is 1. The maximum absolute atomic E-state index is 9.55. The number of hydrogen-bond donors (Lipinski definition) is 2. The van der Waals surface area contributed by atoms with E-state index in [-0.39, 0.29) is 0 Å². The van der Waals surface area contributed by atoms with Crippen LogP contribution < -0.4 is 5.32 Å². The van der Waals surface area contributed by atoms with Crippen molar-refractivity contribution in [3.05, 3.63) is 18.2 Å². The minimum Gasteiger partial charge on any atom is -0.390 e. The Morgan fingerprint density at radius 2 is 2.57 bits per heavy atom. The fourth-order valence-electron chi connectivity index (χ4n) is 1.17. The molecule has 2 N–H and O–H groups in total. The van der Waals surface area contributed by atoms with Crippen molar-refractivity contribution in [2.45, 2.75) is 19.6 Å². The molecule has 1 aromatic heterocycles. The van der Waals surface area contributed by atoms with Crippen LogP contribution in [0.3, 0.4) is 0 Å². The first-order valence-electron chi connectivity index (χ1n) is 4.58. The quantitative estimate of drug-likeness (QED) is 0.676. The standard InChI is InChI=1S/C9H14N4O/c1-2-11-6-8(14)7-13-4-3-12-9(13)5-10/h3-4,8,11,14H,2,6-7H2,1H3. The number of nitrogens with zero attached hydrogens (tertiary/aromatic N) is 3. The molecule has 5 nitrogen and oxygen atoms in total. The third-order valence-corrected chi connectivity index (χ3v) is 1.85. The molecule has 0 aliphatic carbocycles. The Kier molecular flexibility index (Phi) is 4.11. The van der Waals surface area contributed by atoms with Crippen LogP contribution in [0, 0.1) is 11.3 Å². The molecule has 0 amide bonds. The molecule has 14 heavy (non-hydrogen) atoms. The number of aromatic nitrogens is 2. The molecule has 0 aliphatic heterocycles. The maximum atomic E-state index is 9.55. The van der Waals surface area contributed by atoms with Crippen LogP contribution in [0.15, 0.2) is 12.4 Å². The molecule has 1 atom stereocenters. The van der Waals surface area contributed by atoms with Crippen LogP contribution in [0.2, 0.25) is 0 Å². The second-order valence-electron chi connectivity index (χ2n) is 2.98. The van der Waals surface area contributed by atoms with E-state index in [4.69, 9.17) is 5.26 Å². The normalized spacial score (nSPS) is 12.4. The van der Waals surface area contributed by atoms with Crippen LogP contribution >= 0.6 is 0 Å². The van der Waals surface area contributed by atoms with Gasteiger partial charge in [0.05, 0.1) is 12.6 Å². The van der Waals surface area contributed by atoms with Gasteiger partial charge in [-0.2, -0.15) is 5.26 Å². The zero-order chi connectivity index (χ0) is 10.4. The Hall–Kier alpha value is -1.38. The van der Waals surface area contributed by atoms with Crippen molar-refractivity contribution < 1.29 is 5.11 Å². The van der Waals surface area contributed by atoms with Crippen molar-refractivity contribution in [1.82, 2.24) is 14.9 Å². The van der Waals surface area contributed by atoms with Gasteiger partial charge in [-0.05, 0) is 6.54 Å². The summed E-state index contributed by atoms with van der Waals surface area (Å²) in [5.41, 5.74) is 0. The van der Waals surface area contributed by atoms with Crippen LogP contribution in [0.5, 0.6) is 0 Å². The molecule has 1 rings (SSSR count). The van der Waals surface area contributed by atoms with Crippen LogP contribution in [0.25, 0.3) is 0 Å². The van der Waals surface area contributed by atoms with E-state index in [0.29, 0.717) is 18.9 Å². The van der Waals surface area contributed by atoms with Gasteiger partial charge in [0.1, 0.15) is 6.07 Å². The molecule has 0 radical (unpaired) electrons. The van der Waals surface area contributed by atoms with Crippen molar-refractivity contribution in [2.24, 2.45) is 0 Å². The average molecular weight is 194 g/mol. The molecule has 0 spiro atoms. The van der Waals surface area contributed by atoms with Gasteiger partial charge in [0.25, 0.3) is 0 Å². The minimum atomic E-state index is -0.490. The second kappa shape index (κ2) is 5.37. The summed E-state index contributed by atoms with van der Waals surface area (Å²) in [5, 5.41) is 21.2. The first-order valence-corrected chi connectivity index (χ1v) is 4.58. The average Bonchev–Trinajstić information content (AvgIpc) is 2.62. The monoisotopic (exact) mass is 194 g/mol. The fourth-order valence-corrected chi connectivity index (χ4v) is 1.17. The molecule has 0 saturated heterocycles. The van der Waals surface area contributed by atoms with Crippen molar-refractivity contribution >= 4 is 0 Å². The summed E-state index contributed by atoms with van der Waals surface area (Å²) in [6.07, 6.45) is 2.75. The van der Waals surface area contributed by atoms with Crippen LogP contribution in [-0.4, -0.2) is 33.9 Å². The Bertz CT molecular complexity index is 315. The highest BCUT2D eigenvalue weighted by Gasteiger charge is 2.07. The summed E-state index contributed by atoms with van der Waals surface area (Å²) in [7, 11) is 0. The Labute approximate surface area is 83.0 Å². The lowest BCUT2D eigenvalue weighted by Gasteiger charge is -2.11. The third kappa shape index (κ3) is 2.83. The van der Waals surface area contributed by atoms with E-state index in [2.05, 4.69) is 10.3 Å². The zero-order valence-corrected chi connectivity index (χ0v) is 8.14. The lowest BCUT2D eigenvalue weighted by Crippen LogP contribution is -2.30. The predicted molar refractivity (Wildman–Crippen MR) is 51.5 cm³/mol. The fraction of sp³-hybridized carbons (Fsp3) is 0.556. The first-order chi connectivity index (χ1) is 6.77. The smallest absolute Gasteiger partial charge is 0.212 e. The highest BCUT2D eigenvalue weighted by molar-refractivity contribution is 5.11. The molecule has 1 aromatic rings. The van der Waals surface area contributed by atoms with Crippen molar-refractivity contribution in [3.63, 3.8) is 0 Å². The van der Waals surface area contributed by atoms with E-state index < -0.39 is 6.10 Å². The Balaban J connectivity index is 2.48. The van der Waals surface area contributed by atoms with E-state index in [1.54, 1.807) is 17.0 Å². The number of nitrogens with one attached hydrogen (secondary N) is 1. The van der Waals surface area contributed by atoms with Gasteiger partial charge < -0.3 is 15.0 Å². The molecule has 0 aromatic carbocycles. The molecule has 76 valence electrons. The molecular formula is C9H14N4O. The van der Waals surface area contributed by atoms with Gasteiger partial charge in [-0.3, -0.25) is 0 Å². The van der Waals surface area contributed by atoms with Gasteiger partial charge in [0.15, 0.2) is 0 Å². The van der Waals surface area contributed by atoms with E-state index in [1.165, 1.54) is 0 Å². The summed E-state index contributed by atoms with van der Waals surface area (Å²) >= 11 is 0. The largest absolute Gasteiger partial charge is 0.390 e. The molecule has 1 unspecified atom stereocenters. The number of rotatable bonds is 5. The summed E-state index contributed by atoms with van der Waals surface area (Å²) in [4.78, 5) is 3.84. The van der Waals surface area contributed by atoms with E-state index >= 15 is 0 Å². The number of likely N-dealkylation sites (N-methyl/N-ethyl adjacent to an activating group) is 1. The highest BCUT2D eigenvalue weighted by Crippen LogP contribution is 1.97. The maximum Gasteiger partial charge on any atom is 0.212 e. The lowest BCUT2D eigenvalue weighted by molar-refractivity contribution is 0.152. The lowest BCUT2D eigenvalue weighted by atomic mass is 10.3. The van der Waals surface area contributed by atoms with Crippen molar-refractivity contribution in [3.8, 4) is 6.07 Å². The van der Waals surface area contributed by atoms with Crippen molar-refractivity contribution in [1.29, 1.82) is 5.26 Å². The summed E-state index contributed by atoms with van der Waals surface area (Å²) in [5.74, 6) is 0.334. The summed E-state index contributed by atoms with van der Waals surface area (Å²) in [6, 6.07) is 1.96. The topological polar surface area (TPSA) is 73.9 Å². The summed E-state index contributed by atoms with van der Waals surface area (Å²) < 4.78 is 1.64. The minimum absolute atomic E-state index is 0.334. The predicted octanol–water partition coefficient (Wildman–Crippen LogP) is -0.275. The molecule has 1 heterocycles. The van der Waals surface area contributed by atoms with Crippen molar-refractivity contribution in [2.75, 3.05) is 13.1 Å². The number of nitriles is 1. The molecular weight excluding hydrogens is 180 g/mol.